The fourth-order valence-corrected chi connectivity index (χ4v) is 5.12. The van der Waals surface area contributed by atoms with E-state index in [0.29, 0.717) is 19.5 Å². The van der Waals surface area contributed by atoms with Crippen LogP contribution in [0.1, 0.15) is 25.3 Å². The molecule has 1 aliphatic rings. The topological polar surface area (TPSA) is 69.7 Å². The molecule has 1 saturated heterocycles. The standard InChI is InChI=1S/C22H31N3O3S/c1-17(14-19-10-6-9-18-8-4-5-12-21(18)19)15-23-22(26)20-11-7-13-25(16-20)29(27,28)24(2)3/h4-6,8-10,12,17,20H,7,11,13-16H2,1-3H3,(H,23,26)/t17-,20+/m0/s1. The van der Waals surface area contributed by atoms with Gasteiger partial charge in [0.1, 0.15) is 0 Å². The minimum atomic E-state index is -3.47. The van der Waals surface area contributed by atoms with Gasteiger partial charge in [-0.3, -0.25) is 4.79 Å². The Kier molecular flexibility index (Phi) is 6.93. The summed E-state index contributed by atoms with van der Waals surface area (Å²) >= 11 is 0. The van der Waals surface area contributed by atoms with Crippen LogP contribution in [0.25, 0.3) is 10.8 Å². The van der Waals surface area contributed by atoms with Gasteiger partial charge < -0.3 is 5.32 Å². The van der Waals surface area contributed by atoms with Gasteiger partial charge in [-0.25, -0.2) is 0 Å². The van der Waals surface area contributed by atoms with Crippen LogP contribution in [0.5, 0.6) is 0 Å². The number of amides is 1. The number of carbonyl (C=O) groups is 1. The summed E-state index contributed by atoms with van der Waals surface area (Å²) in [5.41, 5.74) is 1.28. The minimum absolute atomic E-state index is 0.0478. The number of rotatable bonds is 7. The van der Waals surface area contributed by atoms with E-state index in [0.717, 1.165) is 12.8 Å². The number of nitrogens with zero attached hydrogens (tertiary/aromatic N) is 2. The molecular weight excluding hydrogens is 386 g/mol. The van der Waals surface area contributed by atoms with E-state index in [9.17, 15) is 13.2 Å². The molecule has 29 heavy (non-hydrogen) atoms. The number of fused-ring (bicyclic) bond motifs is 1. The van der Waals surface area contributed by atoms with E-state index in [2.05, 4.69) is 48.6 Å². The van der Waals surface area contributed by atoms with Gasteiger partial charge in [-0.2, -0.15) is 17.0 Å². The summed E-state index contributed by atoms with van der Waals surface area (Å²) in [5.74, 6) is -0.0494. The van der Waals surface area contributed by atoms with Gasteiger partial charge in [-0.15, -0.1) is 0 Å². The van der Waals surface area contributed by atoms with Gasteiger partial charge in [0.05, 0.1) is 5.92 Å². The summed E-state index contributed by atoms with van der Waals surface area (Å²) in [7, 11) is -0.429. The highest BCUT2D eigenvalue weighted by molar-refractivity contribution is 7.86. The number of piperidine rings is 1. The SMILES string of the molecule is C[C@H](CNC(=O)[C@@H]1CCCN(S(=O)(=O)N(C)C)C1)Cc1cccc2ccccc12. The Hall–Kier alpha value is -1.96. The molecule has 3 rings (SSSR count). The number of nitrogens with one attached hydrogen (secondary N) is 1. The van der Waals surface area contributed by atoms with Crippen LogP contribution in [0.4, 0.5) is 0 Å². The molecule has 0 saturated carbocycles. The molecule has 0 bridgehead atoms. The second-order valence-electron chi connectivity index (χ2n) is 8.18. The number of hydrogen-bond acceptors (Lipinski definition) is 3. The first-order valence-electron chi connectivity index (χ1n) is 10.2. The summed E-state index contributed by atoms with van der Waals surface area (Å²) in [6.45, 7) is 3.44. The Bertz CT molecular complexity index is 953. The zero-order valence-corrected chi connectivity index (χ0v) is 18.3. The minimum Gasteiger partial charge on any atom is -0.356 e. The van der Waals surface area contributed by atoms with E-state index in [1.165, 1.54) is 39.0 Å². The zero-order chi connectivity index (χ0) is 21.0. The van der Waals surface area contributed by atoms with E-state index < -0.39 is 10.2 Å². The maximum Gasteiger partial charge on any atom is 0.281 e. The van der Waals surface area contributed by atoms with Crippen molar-refractivity contribution in [3.05, 3.63) is 48.0 Å². The molecule has 0 radical (unpaired) electrons. The van der Waals surface area contributed by atoms with E-state index in [4.69, 9.17) is 0 Å². The van der Waals surface area contributed by atoms with Crippen molar-refractivity contribution >= 4 is 26.9 Å². The van der Waals surface area contributed by atoms with Gasteiger partial charge in [0.2, 0.25) is 5.91 Å². The first-order valence-corrected chi connectivity index (χ1v) is 11.6. The molecule has 0 spiro atoms. The smallest absolute Gasteiger partial charge is 0.281 e. The second-order valence-corrected chi connectivity index (χ2v) is 10.3. The van der Waals surface area contributed by atoms with Gasteiger partial charge in [0.25, 0.3) is 10.2 Å². The Morgan fingerprint density at radius 2 is 1.93 bits per heavy atom. The summed E-state index contributed by atoms with van der Waals surface area (Å²) in [6.07, 6.45) is 2.31. The Morgan fingerprint density at radius 1 is 1.21 bits per heavy atom. The molecule has 2 aromatic rings. The lowest BCUT2D eigenvalue weighted by Gasteiger charge is -2.33. The highest BCUT2D eigenvalue weighted by atomic mass is 32.2. The fraction of sp³-hybridized carbons (Fsp3) is 0.500. The predicted octanol–water partition coefficient (Wildman–Crippen LogP) is 2.65. The number of hydrogen-bond donors (Lipinski definition) is 1. The summed E-state index contributed by atoms with van der Waals surface area (Å²) < 4.78 is 27.3. The van der Waals surface area contributed by atoms with Gasteiger partial charge in [-0.1, -0.05) is 49.4 Å². The summed E-state index contributed by atoms with van der Waals surface area (Å²) in [4.78, 5) is 12.7. The third kappa shape index (κ3) is 5.15. The lowest BCUT2D eigenvalue weighted by molar-refractivity contribution is -0.126. The van der Waals surface area contributed by atoms with Gasteiger partial charge in [-0.05, 0) is 41.5 Å². The Morgan fingerprint density at radius 3 is 2.69 bits per heavy atom. The average molecular weight is 418 g/mol. The molecule has 6 nitrogen and oxygen atoms in total. The molecule has 1 aliphatic heterocycles. The van der Waals surface area contributed by atoms with Gasteiger partial charge >= 0.3 is 0 Å². The molecular formula is C22H31N3O3S. The normalized spacial score (nSPS) is 19.4. The van der Waals surface area contributed by atoms with Crippen LogP contribution in [0.3, 0.4) is 0 Å². The Balaban J connectivity index is 1.56. The third-order valence-corrected chi connectivity index (χ3v) is 7.52. The predicted molar refractivity (Wildman–Crippen MR) is 117 cm³/mol. The van der Waals surface area contributed by atoms with Crippen molar-refractivity contribution in [3.8, 4) is 0 Å². The first kappa shape index (κ1) is 21.7. The number of carbonyl (C=O) groups excluding carboxylic acids is 1. The van der Waals surface area contributed by atoms with Crippen LogP contribution in [0, 0.1) is 11.8 Å². The van der Waals surface area contributed by atoms with Crippen molar-refractivity contribution in [2.75, 3.05) is 33.7 Å². The zero-order valence-electron chi connectivity index (χ0n) is 17.5. The monoisotopic (exact) mass is 417 g/mol. The first-order chi connectivity index (χ1) is 13.8. The van der Waals surface area contributed by atoms with Gasteiger partial charge in [0.15, 0.2) is 0 Å². The van der Waals surface area contributed by atoms with Crippen molar-refractivity contribution in [1.82, 2.24) is 13.9 Å². The highest BCUT2D eigenvalue weighted by Crippen LogP contribution is 2.22. The van der Waals surface area contributed by atoms with Crippen LogP contribution in [0.15, 0.2) is 42.5 Å². The molecule has 1 fully saturated rings. The van der Waals surface area contributed by atoms with E-state index in [1.54, 1.807) is 0 Å². The van der Waals surface area contributed by atoms with E-state index >= 15 is 0 Å². The van der Waals surface area contributed by atoms with Crippen molar-refractivity contribution in [1.29, 1.82) is 0 Å². The lowest BCUT2D eigenvalue weighted by atomic mass is 9.95. The van der Waals surface area contributed by atoms with Crippen LogP contribution in [0.2, 0.25) is 0 Å². The number of benzene rings is 2. The van der Waals surface area contributed by atoms with Gasteiger partial charge in [0, 0.05) is 33.7 Å². The summed E-state index contributed by atoms with van der Waals surface area (Å²) in [6, 6.07) is 14.7. The molecule has 7 heteroatoms. The lowest BCUT2D eigenvalue weighted by Crippen LogP contribution is -2.49. The molecule has 0 aliphatic carbocycles. The molecule has 1 amide bonds. The summed E-state index contributed by atoms with van der Waals surface area (Å²) in [5, 5.41) is 5.53. The quantitative estimate of drug-likeness (QED) is 0.753. The van der Waals surface area contributed by atoms with Crippen molar-refractivity contribution in [2.24, 2.45) is 11.8 Å². The molecule has 0 aromatic heterocycles. The van der Waals surface area contributed by atoms with E-state index in [-0.39, 0.29) is 24.3 Å². The van der Waals surface area contributed by atoms with Crippen molar-refractivity contribution in [3.63, 3.8) is 0 Å². The molecule has 0 unspecified atom stereocenters. The Labute approximate surface area is 174 Å². The second kappa shape index (κ2) is 9.24. The van der Waals surface area contributed by atoms with Crippen molar-refractivity contribution < 1.29 is 13.2 Å². The molecule has 158 valence electrons. The van der Waals surface area contributed by atoms with Crippen molar-refractivity contribution in [2.45, 2.75) is 26.2 Å². The van der Waals surface area contributed by atoms with Crippen LogP contribution >= 0.6 is 0 Å². The van der Waals surface area contributed by atoms with E-state index in [1.807, 2.05) is 6.07 Å². The maximum absolute atomic E-state index is 12.7. The average Bonchev–Trinajstić information content (AvgIpc) is 2.72. The molecule has 2 atom stereocenters. The maximum atomic E-state index is 12.7. The third-order valence-electron chi connectivity index (χ3n) is 5.62. The van der Waals surface area contributed by atoms with Crippen LogP contribution in [-0.4, -0.2) is 56.7 Å². The molecule has 1 N–H and O–H groups in total. The molecule has 1 heterocycles. The highest BCUT2D eigenvalue weighted by Gasteiger charge is 2.33. The van der Waals surface area contributed by atoms with Crippen LogP contribution in [-0.2, 0) is 21.4 Å². The van der Waals surface area contributed by atoms with Crippen LogP contribution < -0.4 is 5.32 Å². The fourth-order valence-electron chi connectivity index (χ4n) is 3.93. The molecule has 2 aromatic carbocycles. The largest absolute Gasteiger partial charge is 0.356 e.